The Balaban J connectivity index is 1.36. The Morgan fingerprint density at radius 3 is 2.60 bits per heavy atom. The van der Waals surface area contributed by atoms with E-state index in [2.05, 4.69) is 40.0 Å². The molecule has 0 bridgehead atoms. The zero-order valence-corrected chi connectivity index (χ0v) is 15.2. The summed E-state index contributed by atoms with van der Waals surface area (Å²) < 4.78 is 2.32. The van der Waals surface area contributed by atoms with E-state index in [0.29, 0.717) is 18.0 Å². The van der Waals surface area contributed by atoms with E-state index < -0.39 is 0 Å². The van der Waals surface area contributed by atoms with Crippen LogP contribution in [0.1, 0.15) is 69.4 Å². The molecule has 2 fully saturated rings. The average Bonchev–Trinajstić information content (AvgIpc) is 3.05. The number of rotatable bonds is 3. The molecule has 4 rings (SSSR count). The first-order valence-corrected chi connectivity index (χ1v) is 9.94. The second kappa shape index (κ2) is 7.19. The highest BCUT2D eigenvalue weighted by Gasteiger charge is 2.29. The minimum Gasteiger partial charge on any atom is -0.353 e. The molecule has 0 unspecified atom stereocenters. The molecule has 0 spiro atoms. The fourth-order valence-corrected chi connectivity index (χ4v) is 4.61. The SMILES string of the molecule is Cc1ccc2c(c1)ncn2C1CCC(C(=O)NC2CCCCC2)CC1. The van der Waals surface area contributed by atoms with Crippen LogP contribution in [0.15, 0.2) is 24.5 Å². The molecule has 2 saturated carbocycles. The smallest absolute Gasteiger partial charge is 0.223 e. The summed E-state index contributed by atoms with van der Waals surface area (Å²) >= 11 is 0. The van der Waals surface area contributed by atoms with E-state index in [0.717, 1.165) is 31.2 Å². The van der Waals surface area contributed by atoms with Crippen LogP contribution < -0.4 is 5.32 Å². The summed E-state index contributed by atoms with van der Waals surface area (Å²) in [6, 6.07) is 7.39. The zero-order valence-electron chi connectivity index (χ0n) is 15.2. The molecule has 1 N–H and O–H groups in total. The molecule has 134 valence electrons. The van der Waals surface area contributed by atoms with Crippen LogP contribution in [-0.4, -0.2) is 21.5 Å². The van der Waals surface area contributed by atoms with Crippen LogP contribution in [0.25, 0.3) is 11.0 Å². The van der Waals surface area contributed by atoms with Crippen molar-refractivity contribution in [1.29, 1.82) is 0 Å². The molecule has 0 aliphatic heterocycles. The van der Waals surface area contributed by atoms with Gasteiger partial charge in [-0.3, -0.25) is 4.79 Å². The van der Waals surface area contributed by atoms with Gasteiger partial charge >= 0.3 is 0 Å². The van der Waals surface area contributed by atoms with Crippen molar-refractivity contribution < 1.29 is 4.79 Å². The van der Waals surface area contributed by atoms with Gasteiger partial charge in [0.05, 0.1) is 17.4 Å². The van der Waals surface area contributed by atoms with Crippen molar-refractivity contribution in [2.75, 3.05) is 0 Å². The number of fused-ring (bicyclic) bond motifs is 1. The molecule has 25 heavy (non-hydrogen) atoms. The lowest BCUT2D eigenvalue weighted by Crippen LogP contribution is -2.41. The first-order chi connectivity index (χ1) is 12.2. The van der Waals surface area contributed by atoms with Crippen LogP contribution in [0, 0.1) is 12.8 Å². The molecule has 2 aliphatic rings. The Kier molecular flexibility index (Phi) is 4.78. The van der Waals surface area contributed by atoms with Gasteiger partial charge in [-0.05, 0) is 63.1 Å². The summed E-state index contributed by atoms with van der Waals surface area (Å²) in [6.07, 6.45) is 12.3. The lowest BCUT2D eigenvalue weighted by molar-refractivity contribution is -0.127. The van der Waals surface area contributed by atoms with Gasteiger partial charge in [0.1, 0.15) is 0 Å². The van der Waals surface area contributed by atoms with Crippen molar-refractivity contribution in [1.82, 2.24) is 14.9 Å². The third-order valence-electron chi connectivity index (χ3n) is 6.14. The van der Waals surface area contributed by atoms with E-state index in [1.807, 2.05) is 6.33 Å². The molecule has 0 saturated heterocycles. The van der Waals surface area contributed by atoms with Crippen molar-refractivity contribution in [2.45, 2.75) is 76.8 Å². The molecule has 2 aliphatic carbocycles. The van der Waals surface area contributed by atoms with Gasteiger partial charge in [-0.2, -0.15) is 0 Å². The Morgan fingerprint density at radius 1 is 1.08 bits per heavy atom. The molecule has 1 aromatic heterocycles. The highest BCUT2D eigenvalue weighted by Crippen LogP contribution is 2.34. The molecule has 0 atom stereocenters. The number of nitrogens with one attached hydrogen (secondary N) is 1. The fourth-order valence-electron chi connectivity index (χ4n) is 4.61. The zero-order chi connectivity index (χ0) is 17.2. The van der Waals surface area contributed by atoms with Crippen LogP contribution in [0.3, 0.4) is 0 Å². The van der Waals surface area contributed by atoms with Gasteiger partial charge in [0, 0.05) is 18.0 Å². The number of aromatic nitrogens is 2. The Hall–Kier alpha value is -1.84. The van der Waals surface area contributed by atoms with Crippen molar-refractivity contribution in [2.24, 2.45) is 5.92 Å². The van der Waals surface area contributed by atoms with Gasteiger partial charge in [-0.25, -0.2) is 4.98 Å². The van der Waals surface area contributed by atoms with E-state index in [9.17, 15) is 4.79 Å². The monoisotopic (exact) mass is 339 g/mol. The van der Waals surface area contributed by atoms with E-state index in [-0.39, 0.29) is 5.92 Å². The van der Waals surface area contributed by atoms with Gasteiger partial charge in [0.25, 0.3) is 0 Å². The molecule has 2 aromatic rings. The summed E-state index contributed by atoms with van der Waals surface area (Å²) in [6.45, 7) is 2.11. The molecule has 0 radical (unpaired) electrons. The maximum absolute atomic E-state index is 12.6. The first kappa shape index (κ1) is 16.6. The minimum atomic E-state index is 0.204. The van der Waals surface area contributed by atoms with E-state index in [1.165, 1.54) is 43.2 Å². The number of imidazole rings is 1. The lowest BCUT2D eigenvalue weighted by Gasteiger charge is -2.31. The number of hydrogen-bond donors (Lipinski definition) is 1. The number of carbonyl (C=O) groups is 1. The van der Waals surface area contributed by atoms with Gasteiger partial charge in [-0.1, -0.05) is 25.3 Å². The number of nitrogens with zero attached hydrogens (tertiary/aromatic N) is 2. The highest BCUT2D eigenvalue weighted by atomic mass is 16.1. The fraction of sp³-hybridized carbons (Fsp3) is 0.619. The molecule has 4 heteroatoms. The lowest BCUT2D eigenvalue weighted by atomic mass is 9.84. The van der Waals surface area contributed by atoms with Gasteiger partial charge in [0.2, 0.25) is 5.91 Å². The van der Waals surface area contributed by atoms with Gasteiger partial charge < -0.3 is 9.88 Å². The number of benzene rings is 1. The number of amides is 1. The molecular weight excluding hydrogens is 310 g/mol. The molecule has 4 nitrogen and oxygen atoms in total. The summed E-state index contributed by atoms with van der Waals surface area (Å²) in [5.41, 5.74) is 3.55. The Bertz CT molecular complexity index is 737. The second-order valence-electron chi connectivity index (χ2n) is 7.99. The number of carbonyl (C=O) groups excluding carboxylic acids is 1. The highest BCUT2D eigenvalue weighted by molar-refractivity contribution is 5.79. The maximum Gasteiger partial charge on any atom is 0.223 e. The summed E-state index contributed by atoms with van der Waals surface area (Å²) in [5.74, 6) is 0.506. The van der Waals surface area contributed by atoms with Crippen LogP contribution in [0.2, 0.25) is 0 Å². The van der Waals surface area contributed by atoms with Crippen LogP contribution in [0.4, 0.5) is 0 Å². The minimum absolute atomic E-state index is 0.204. The van der Waals surface area contributed by atoms with E-state index in [4.69, 9.17) is 0 Å². The van der Waals surface area contributed by atoms with Gasteiger partial charge in [-0.15, -0.1) is 0 Å². The standard InChI is InChI=1S/C21H29N3O/c1-15-7-12-20-19(13-15)22-14-24(20)18-10-8-16(9-11-18)21(25)23-17-5-3-2-4-6-17/h7,12-14,16-18H,2-6,8-11H2,1H3,(H,23,25). The molecule has 1 amide bonds. The van der Waals surface area contributed by atoms with Crippen molar-refractivity contribution in [3.8, 4) is 0 Å². The molecule has 1 aromatic carbocycles. The van der Waals surface area contributed by atoms with Crippen LogP contribution in [-0.2, 0) is 4.79 Å². The van der Waals surface area contributed by atoms with Crippen molar-refractivity contribution >= 4 is 16.9 Å². The van der Waals surface area contributed by atoms with E-state index >= 15 is 0 Å². The summed E-state index contributed by atoms with van der Waals surface area (Å²) in [7, 11) is 0. The Labute approximate surface area is 150 Å². The normalized spacial score (nSPS) is 25.2. The van der Waals surface area contributed by atoms with Gasteiger partial charge in [0.15, 0.2) is 0 Å². The average molecular weight is 339 g/mol. The van der Waals surface area contributed by atoms with Crippen molar-refractivity contribution in [3.63, 3.8) is 0 Å². The first-order valence-electron chi connectivity index (χ1n) is 9.94. The van der Waals surface area contributed by atoms with E-state index in [1.54, 1.807) is 0 Å². The molecular formula is C21H29N3O. The number of hydrogen-bond acceptors (Lipinski definition) is 2. The van der Waals surface area contributed by atoms with Crippen LogP contribution >= 0.6 is 0 Å². The molecule has 1 heterocycles. The summed E-state index contributed by atoms with van der Waals surface area (Å²) in [5, 5.41) is 3.32. The predicted molar refractivity (Wildman–Crippen MR) is 100 cm³/mol. The topological polar surface area (TPSA) is 46.9 Å². The predicted octanol–water partition coefficient (Wildman–Crippen LogP) is 4.52. The third-order valence-corrected chi connectivity index (χ3v) is 6.14. The number of aryl methyl sites for hydroxylation is 1. The van der Waals surface area contributed by atoms with Crippen LogP contribution in [0.5, 0.6) is 0 Å². The van der Waals surface area contributed by atoms with Crippen molar-refractivity contribution in [3.05, 3.63) is 30.1 Å². The summed E-state index contributed by atoms with van der Waals surface area (Å²) in [4.78, 5) is 17.1. The quantitative estimate of drug-likeness (QED) is 0.893. The largest absolute Gasteiger partial charge is 0.353 e. The Morgan fingerprint density at radius 2 is 1.84 bits per heavy atom. The maximum atomic E-state index is 12.6. The second-order valence-corrected chi connectivity index (χ2v) is 7.99. The third kappa shape index (κ3) is 3.58.